The van der Waals surface area contributed by atoms with Crippen LogP contribution in [0.25, 0.3) is 5.69 Å². The molecule has 1 fully saturated rings. The standard InChI is InChI=1S/C27H26ClN3O3S/c1-18-22(17-30(16-19-9-10-19)26(32)25-8-5-15-35-25)27(34-24-7-4-3-6-23(24)33-2)31(29-18)21-13-11-20(28)12-14-21/h3-8,11-15,19H,9-10,16-17H2,1-2H3. The van der Waals surface area contributed by atoms with Crippen LogP contribution in [-0.4, -0.2) is 34.2 Å². The number of nitrogens with zero attached hydrogens (tertiary/aromatic N) is 3. The van der Waals surface area contributed by atoms with Crippen molar-refractivity contribution in [2.24, 2.45) is 5.92 Å². The van der Waals surface area contributed by atoms with Crippen molar-refractivity contribution < 1.29 is 14.3 Å². The number of rotatable bonds is 9. The second-order valence-electron chi connectivity index (χ2n) is 8.62. The number of hydrogen-bond acceptors (Lipinski definition) is 5. The van der Waals surface area contributed by atoms with Crippen molar-refractivity contribution in [2.45, 2.75) is 26.3 Å². The molecule has 0 atom stereocenters. The molecule has 0 radical (unpaired) electrons. The molecular formula is C27H26ClN3O3S. The van der Waals surface area contributed by atoms with Crippen LogP contribution >= 0.6 is 22.9 Å². The van der Waals surface area contributed by atoms with Gasteiger partial charge in [0.15, 0.2) is 11.5 Å². The first-order chi connectivity index (χ1) is 17.0. The van der Waals surface area contributed by atoms with Crippen LogP contribution < -0.4 is 9.47 Å². The molecule has 0 aliphatic heterocycles. The Morgan fingerprint density at radius 2 is 1.86 bits per heavy atom. The molecule has 0 N–H and O–H groups in total. The van der Waals surface area contributed by atoms with Gasteiger partial charge in [0.1, 0.15) is 0 Å². The van der Waals surface area contributed by atoms with Gasteiger partial charge in [-0.3, -0.25) is 4.79 Å². The molecule has 8 heteroatoms. The van der Waals surface area contributed by atoms with E-state index in [2.05, 4.69) is 0 Å². The van der Waals surface area contributed by atoms with E-state index in [9.17, 15) is 4.79 Å². The predicted octanol–water partition coefficient (Wildman–Crippen LogP) is 6.75. The minimum Gasteiger partial charge on any atom is -0.493 e. The molecule has 0 bridgehead atoms. The lowest BCUT2D eigenvalue weighted by molar-refractivity contribution is 0.0738. The molecule has 6 nitrogen and oxygen atoms in total. The third kappa shape index (κ3) is 5.21. The van der Waals surface area contributed by atoms with E-state index in [0.29, 0.717) is 34.9 Å². The van der Waals surface area contributed by atoms with E-state index in [-0.39, 0.29) is 5.91 Å². The highest BCUT2D eigenvalue weighted by molar-refractivity contribution is 7.12. The molecule has 2 aromatic heterocycles. The number of aryl methyl sites for hydroxylation is 1. The number of carbonyl (C=O) groups excluding carboxylic acids is 1. The topological polar surface area (TPSA) is 56.6 Å². The Labute approximate surface area is 213 Å². The Morgan fingerprint density at radius 3 is 2.51 bits per heavy atom. The Hall–Kier alpha value is -3.29. The zero-order valence-corrected chi connectivity index (χ0v) is 21.2. The highest BCUT2D eigenvalue weighted by Crippen LogP contribution is 2.37. The van der Waals surface area contributed by atoms with Crippen LogP contribution in [0.5, 0.6) is 17.4 Å². The Morgan fingerprint density at radius 1 is 1.11 bits per heavy atom. The number of hydrogen-bond donors (Lipinski definition) is 0. The van der Waals surface area contributed by atoms with Gasteiger partial charge in [-0.1, -0.05) is 29.8 Å². The van der Waals surface area contributed by atoms with Crippen LogP contribution in [0, 0.1) is 12.8 Å². The van der Waals surface area contributed by atoms with E-state index in [0.717, 1.165) is 41.2 Å². The van der Waals surface area contributed by atoms with E-state index in [1.807, 2.05) is 77.9 Å². The molecular weight excluding hydrogens is 482 g/mol. The van der Waals surface area contributed by atoms with Gasteiger partial charge in [0.2, 0.25) is 5.88 Å². The van der Waals surface area contributed by atoms with Crippen molar-refractivity contribution in [3.05, 3.63) is 87.2 Å². The lowest BCUT2D eigenvalue weighted by Crippen LogP contribution is -2.32. The summed E-state index contributed by atoms with van der Waals surface area (Å²) < 4.78 is 13.7. The number of halogens is 1. The predicted molar refractivity (Wildman–Crippen MR) is 138 cm³/mol. The third-order valence-electron chi connectivity index (χ3n) is 6.03. The Bertz CT molecular complexity index is 1310. The molecule has 1 saturated carbocycles. The van der Waals surface area contributed by atoms with Crippen molar-refractivity contribution in [3.8, 4) is 23.1 Å². The Kier molecular flexibility index (Phi) is 6.79. The summed E-state index contributed by atoms with van der Waals surface area (Å²) in [5.74, 6) is 2.32. The van der Waals surface area contributed by atoms with Gasteiger partial charge in [0.25, 0.3) is 5.91 Å². The number of para-hydroxylation sites is 2. The highest BCUT2D eigenvalue weighted by atomic mass is 35.5. The quantitative estimate of drug-likeness (QED) is 0.251. The first kappa shape index (κ1) is 23.5. The van der Waals surface area contributed by atoms with Crippen molar-refractivity contribution >= 4 is 28.8 Å². The summed E-state index contributed by atoms with van der Waals surface area (Å²) in [4.78, 5) is 16.1. The second-order valence-corrected chi connectivity index (χ2v) is 10.0. The van der Waals surface area contributed by atoms with Crippen molar-refractivity contribution in [3.63, 3.8) is 0 Å². The van der Waals surface area contributed by atoms with Crippen molar-refractivity contribution in [1.82, 2.24) is 14.7 Å². The Balaban J connectivity index is 1.57. The number of thiophene rings is 1. The first-order valence-corrected chi connectivity index (χ1v) is 12.8. The average Bonchev–Trinajstić information content (AvgIpc) is 3.41. The molecule has 2 aromatic carbocycles. The molecule has 1 aliphatic carbocycles. The second kappa shape index (κ2) is 10.1. The van der Waals surface area contributed by atoms with Gasteiger partial charge in [-0.25, -0.2) is 4.68 Å². The maximum Gasteiger partial charge on any atom is 0.264 e. The molecule has 5 rings (SSSR count). The van der Waals surface area contributed by atoms with E-state index < -0.39 is 0 Å². The summed E-state index contributed by atoms with van der Waals surface area (Å²) in [5, 5.41) is 7.38. The minimum atomic E-state index is 0.0359. The van der Waals surface area contributed by atoms with Gasteiger partial charge in [0, 0.05) is 11.6 Å². The van der Waals surface area contributed by atoms with Gasteiger partial charge < -0.3 is 14.4 Å². The summed E-state index contributed by atoms with van der Waals surface area (Å²) in [7, 11) is 1.61. The van der Waals surface area contributed by atoms with E-state index >= 15 is 0 Å². The van der Waals surface area contributed by atoms with Gasteiger partial charge in [-0.05, 0) is 73.5 Å². The number of benzene rings is 2. The SMILES string of the molecule is COc1ccccc1Oc1c(CN(CC2CC2)C(=O)c2cccs2)c(C)nn1-c1ccc(Cl)cc1. The van der Waals surface area contributed by atoms with Crippen molar-refractivity contribution in [2.75, 3.05) is 13.7 Å². The molecule has 1 aliphatic rings. The zero-order valence-electron chi connectivity index (χ0n) is 19.6. The molecule has 0 spiro atoms. The van der Waals surface area contributed by atoms with E-state index in [1.165, 1.54) is 11.3 Å². The third-order valence-corrected chi connectivity index (χ3v) is 7.14. The maximum absolute atomic E-state index is 13.4. The lowest BCUT2D eigenvalue weighted by Gasteiger charge is -2.23. The van der Waals surface area contributed by atoms with Gasteiger partial charge >= 0.3 is 0 Å². The molecule has 180 valence electrons. The summed E-state index contributed by atoms with van der Waals surface area (Å²) in [6, 6.07) is 18.7. The fourth-order valence-corrected chi connectivity index (χ4v) is 4.78. The van der Waals surface area contributed by atoms with Crippen LogP contribution in [-0.2, 0) is 6.54 Å². The van der Waals surface area contributed by atoms with Gasteiger partial charge in [-0.2, -0.15) is 5.10 Å². The zero-order chi connectivity index (χ0) is 24.4. The molecule has 35 heavy (non-hydrogen) atoms. The van der Waals surface area contributed by atoms with Crippen LogP contribution in [0.15, 0.2) is 66.0 Å². The molecule has 0 saturated heterocycles. The molecule has 1 amide bonds. The van der Waals surface area contributed by atoms with Crippen LogP contribution in [0.4, 0.5) is 0 Å². The summed E-state index contributed by atoms with van der Waals surface area (Å²) in [5.41, 5.74) is 2.47. The lowest BCUT2D eigenvalue weighted by atomic mass is 10.2. The van der Waals surface area contributed by atoms with Gasteiger partial charge in [0.05, 0.1) is 35.5 Å². The molecule has 2 heterocycles. The maximum atomic E-state index is 13.4. The number of methoxy groups -OCH3 is 1. The first-order valence-electron chi connectivity index (χ1n) is 11.5. The minimum absolute atomic E-state index is 0.0359. The summed E-state index contributed by atoms with van der Waals surface area (Å²) in [6.45, 7) is 3.06. The summed E-state index contributed by atoms with van der Waals surface area (Å²) in [6.07, 6.45) is 2.31. The number of ether oxygens (including phenoxy) is 2. The van der Waals surface area contributed by atoms with Crippen LogP contribution in [0.2, 0.25) is 5.02 Å². The van der Waals surface area contributed by atoms with E-state index in [1.54, 1.807) is 11.8 Å². The van der Waals surface area contributed by atoms with Crippen LogP contribution in [0.3, 0.4) is 0 Å². The van der Waals surface area contributed by atoms with Crippen molar-refractivity contribution in [1.29, 1.82) is 0 Å². The smallest absolute Gasteiger partial charge is 0.264 e. The van der Waals surface area contributed by atoms with Crippen LogP contribution in [0.1, 0.15) is 33.8 Å². The monoisotopic (exact) mass is 507 g/mol. The van der Waals surface area contributed by atoms with Gasteiger partial charge in [-0.15, -0.1) is 11.3 Å². The number of carbonyl (C=O) groups is 1. The highest BCUT2D eigenvalue weighted by Gasteiger charge is 2.30. The number of amides is 1. The average molecular weight is 508 g/mol. The summed E-state index contributed by atoms with van der Waals surface area (Å²) >= 11 is 7.60. The molecule has 4 aromatic rings. The van der Waals surface area contributed by atoms with E-state index in [4.69, 9.17) is 26.2 Å². The normalized spacial score (nSPS) is 13.0. The fraction of sp³-hybridized carbons (Fsp3) is 0.259. The number of aromatic nitrogens is 2. The fourth-order valence-electron chi connectivity index (χ4n) is 3.97. The molecule has 0 unspecified atom stereocenters. The largest absolute Gasteiger partial charge is 0.493 e.